The van der Waals surface area contributed by atoms with E-state index in [0.29, 0.717) is 19.0 Å². The third-order valence-corrected chi connectivity index (χ3v) is 5.48. The molecular formula is C26H31N2O+. The maximum atomic E-state index is 12.9. The molecule has 0 aliphatic rings. The van der Waals surface area contributed by atoms with Crippen molar-refractivity contribution in [1.82, 2.24) is 5.32 Å². The normalized spacial score (nSPS) is 12.1. The summed E-state index contributed by atoms with van der Waals surface area (Å²) >= 11 is 0. The fraction of sp³-hybridized carbons (Fsp3) is 0.269. The summed E-state index contributed by atoms with van der Waals surface area (Å²) in [7, 11) is 4.30. The number of quaternary nitrogens is 1. The quantitative estimate of drug-likeness (QED) is 0.581. The van der Waals surface area contributed by atoms with Gasteiger partial charge in [0, 0.05) is 18.8 Å². The zero-order valence-electron chi connectivity index (χ0n) is 17.3. The fourth-order valence-corrected chi connectivity index (χ4v) is 3.67. The molecule has 1 atom stereocenters. The van der Waals surface area contributed by atoms with E-state index >= 15 is 0 Å². The number of likely N-dealkylation sites (N-methyl/N-ethyl adjacent to an activating group) is 1. The maximum absolute atomic E-state index is 12.9. The van der Waals surface area contributed by atoms with Crippen molar-refractivity contribution in [2.75, 3.05) is 20.6 Å². The Balaban J connectivity index is 1.65. The Bertz CT molecular complexity index is 823. The summed E-state index contributed by atoms with van der Waals surface area (Å²) in [5.74, 6) is 0.165. The van der Waals surface area contributed by atoms with Gasteiger partial charge in [-0.25, -0.2) is 0 Å². The maximum Gasteiger partial charge on any atom is 0.221 e. The van der Waals surface area contributed by atoms with Crippen molar-refractivity contribution in [3.05, 3.63) is 108 Å². The molecule has 0 bridgehead atoms. The number of rotatable bonds is 9. The van der Waals surface area contributed by atoms with Crippen molar-refractivity contribution in [1.29, 1.82) is 0 Å². The first-order valence-corrected chi connectivity index (χ1v) is 10.3. The van der Waals surface area contributed by atoms with Gasteiger partial charge in [0.2, 0.25) is 5.91 Å². The second kappa shape index (κ2) is 10.6. The summed E-state index contributed by atoms with van der Waals surface area (Å²) in [6.07, 6.45) is 1.40. The zero-order chi connectivity index (χ0) is 20.5. The molecule has 150 valence electrons. The van der Waals surface area contributed by atoms with Crippen LogP contribution in [0.1, 0.15) is 29.0 Å². The minimum atomic E-state index is 0.0664. The number of carbonyl (C=O) groups is 1. The Morgan fingerprint density at radius 2 is 1.28 bits per heavy atom. The average molecular weight is 388 g/mol. The highest BCUT2D eigenvalue weighted by Gasteiger charge is 2.21. The number of amides is 1. The Kier molecular flexibility index (Phi) is 7.60. The zero-order valence-corrected chi connectivity index (χ0v) is 17.3. The fourth-order valence-electron chi connectivity index (χ4n) is 3.67. The molecule has 0 aliphatic heterocycles. The molecule has 0 fully saturated rings. The number of benzene rings is 3. The van der Waals surface area contributed by atoms with E-state index in [9.17, 15) is 4.79 Å². The molecule has 0 heterocycles. The smallest absolute Gasteiger partial charge is 0.221 e. The highest BCUT2D eigenvalue weighted by Crippen LogP contribution is 2.27. The third kappa shape index (κ3) is 6.30. The number of nitrogens with one attached hydrogen (secondary N) is 2. The van der Waals surface area contributed by atoms with Crippen LogP contribution in [-0.2, 0) is 11.2 Å². The third-order valence-electron chi connectivity index (χ3n) is 5.48. The van der Waals surface area contributed by atoms with E-state index in [0.717, 1.165) is 6.42 Å². The van der Waals surface area contributed by atoms with Gasteiger partial charge in [-0.2, -0.15) is 0 Å². The van der Waals surface area contributed by atoms with Crippen LogP contribution in [0.25, 0.3) is 0 Å². The van der Waals surface area contributed by atoms with Gasteiger partial charge < -0.3 is 10.2 Å². The van der Waals surface area contributed by atoms with E-state index in [1.807, 2.05) is 42.5 Å². The summed E-state index contributed by atoms with van der Waals surface area (Å²) in [6, 6.07) is 31.4. The second-order valence-electron chi connectivity index (χ2n) is 7.85. The lowest BCUT2D eigenvalue weighted by Gasteiger charge is -2.23. The highest BCUT2D eigenvalue weighted by atomic mass is 16.1. The predicted octanol–water partition coefficient (Wildman–Crippen LogP) is 3.08. The molecule has 0 aliphatic carbocycles. The Morgan fingerprint density at radius 1 is 0.793 bits per heavy atom. The van der Waals surface area contributed by atoms with Crippen LogP contribution in [0.5, 0.6) is 0 Å². The molecule has 0 aromatic heterocycles. The standard InChI is InChI=1S/C26H30N2O/c1-28(2)24(18-21-12-6-3-7-13-21)20-27-26(29)19-25(22-14-8-4-9-15-22)23-16-10-5-11-17-23/h3-17,24-25H,18-20H2,1-2H3,(H,27,29)/p+1/t24-/m1/s1. The SMILES string of the molecule is C[NH+](C)[C@@H](CNC(=O)CC(c1ccccc1)c1ccccc1)Cc1ccccc1. The molecule has 0 saturated carbocycles. The lowest BCUT2D eigenvalue weighted by Crippen LogP contribution is -3.11. The first-order valence-electron chi connectivity index (χ1n) is 10.3. The van der Waals surface area contributed by atoms with Crippen LogP contribution >= 0.6 is 0 Å². The van der Waals surface area contributed by atoms with E-state index in [4.69, 9.17) is 0 Å². The highest BCUT2D eigenvalue weighted by molar-refractivity contribution is 5.77. The molecule has 0 saturated heterocycles. The lowest BCUT2D eigenvalue weighted by atomic mass is 9.88. The van der Waals surface area contributed by atoms with Crippen LogP contribution in [0.3, 0.4) is 0 Å². The van der Waals surface area contributed by atoms with Gasteiger partial charge in [-0.1, -0.05) is 91.0 Å². The van der Waals surface area contributed by atoms with Crippen LogP contribution < -0.4 is 10.2 Å². The Morgan fingerprint density at radius 3 is 1.76 bits per heavy atom. The van der Waals surface area contributed by atoms with Crippen LogP contribution in [-0.4, -0.2) is 32.6 Å². The number of carbonyl (C=O) groups excluding carboxylic acids is 1. The van der Waals surface area contributed by atoms with E-state index in [1.165, 1.54) is 21.6 Å². The van der Waals surface area contributed by atoms with Gasteiger partial charge in [-0.05, 0) is 16.7 Å². The van der Waals surface area contributed by atoms with Gasteiger partial charge in [0.05, 0.1) is 20.6 Å². The van der Waals surface area contributed by atoms with Crippen LogP contribution in [0.15, 0.2) is 91.0 Å². The predicted molar refractivity (Wildman–Crippen MR) is 119 cm³/mol. The first kappa shape index (κ1) is 20.8. The van der Waals surface area contributed by atoms with Crippen LogP contribution in [0, 0.1) is 0 Å². The summed E-state index contributed by atoms with van der Waals surface area (Å²) < 4.78 is 0. The molecule has 3 aromatic rings. The largest absolute Gasteiger partial charge is 0.350 e. The first-order chi connectivity index (χ1) is 14.1. The van der Waals surface area contributed by atoms with Crippen molar-refractivity contribution in [2.24, 2.45) is 0 Å². The van der Waals surface area contributed by atoms with Gasteiger partial charge in [0.25, 0.3) is 0 Å². The van der Waals surface area contributed by atoms with Crippen LogP contribution in [0.2, 0.25) is 0 Å². The van der Waals surface area contributed by atoms with Crippen molar-refractivity contribution in [3.8, 4) is 0 Å². The molecule has 2 N–H and O–H groups in total. The van der Waals surface area contributed by atoms with Crippen molar-refractivity contribution in [3.63, 3.8) is 0 Å². The van der Waals surface area contributed by atoms with E-state index in [2.05, 4.69) is 67.9 Å². The molecule has 3 heteroatoms. The van der Waals surface area contributed by atoms with Crippen molar-refractivity contribution < 1.29 is 9.69 Å². The average Bonchev–Trinajstić information content (AvgIpc) is 2.76. The second-order valence-corrected chi connectivity index (χ2v) is 7.85. The minimum Gasteiger partial charge on any atom is -0.350 e. The summed E-state index contributed by atoms with van der Waals surface area (Å²) in [4.78, 5) is 14.2. The molecule has 1 amide bonds. The van der Waals surface area contributed by atoms with Gasteiger partial charge in [0.1, 0.15) is 6.04 Å². The van der Waals surface area contributed by atoms with Gasteiger partial charge in [0.15, 0.2) is 0 Å². The van der Waals surface area contributed by atoms with Gasteiger partial charge in [-0.15, -0.1) is 0 Å². The molecule has 0 unspecified atom stereocenters. The summed E-state index contributed by atoms with van der Waals surface area (Å²) in [5, 5.41) is 3.19. The molecule has 29 heavy (non-hydrogen) atoms. The summed E-state index contributed by atoms with van der Waals surface area (Å²) in [6.45, 7) is 0.673. The number of hydrogen-bond donors (Lipinski definition) is 2. The molecular weight excluding hydrogens is 356 g/mol. The monoisotopic (exact) mass is 387 g/mol. The molecule has 3 nitrogen and oxygen atoms in total. The topological polar surface area (TPSA) is 33.5 Å². The minimum absolute atomic E-state index is 0.0664. The van der Waals surface area contributed by atoms with Crippen molar-refractivity contribution >= 4 is 5.91 Å². The van der Waals surface area contributed by atoms with Crippen LogP contribution in [0.4, 0.5) is 0 Å². The van der Waals surface area contributed by atoms with E-state index in [1.54, 1.807) is 0 Å². The van der Waals surface area contributed by atoms with Gasteiger partial charge >= 0.3 is 0 Å². The molecule has 0 spiro atoms. The van der Waals surface area contributed by atoms with E-state index < -0.39 is 0 Å². The lowest BCUT2D eigenvalue weighted by molar-refractivity contribution is -0.884. The number of hydrogen-bond acceptors (Lipinski definition) is 1. The summed E-state index contributed by atoms with van der Waals surface area (Å²) in [5.41, 5.74) is 3.65. The van der Waals surface area contributed by atoms with E-state index in [-0.39, 0.29) is 11.8 Å². The Hall–Kier alpha value is -2.91. The Labute approximate surface area is 174 Å². The molecule has 0 radical (unpaired) electrons. The molecule has 3 aromatic carbocycles. The van der Waals surface area contributed by atoms with Gasteiger partial charge in [-0.3, -0.25) is 4.79 Å². The molecule has 3 rings (SSSR count). The van der Waals surface area contributed by atoms with Crippen molar-refractivity contribution in [2.45, 2.75) is 24.8 Å².